The lowest BCUT2D eigenvalue weighted by atomic mass is 10.2. The summed E-state index contributed by atoms with van der Waals surface area (Å²) in [7, 11) is 0. The molecule has 0 N–H and O–H groups in total. The van der Waals surface area contributed by atoms with Gasteiger partial charge in [0.15, 0.2) is 0 Å². The second kappa shape index (κ2) is 4.19. The molecule has 11 heavy (non-hydrogen) atoms. The van der Waals surface area contributed by atoms with Gasteiger partial charge in [-0.05, 0) is 36.3 Å². The van der Waals surface area contributed by atoms with Crippen LogP contribution in [-0.2, 0) is 0 Å². The standard InChI is InChI=1S/C9H11NS/c1-8(7-11-2)9-5-3-4-6-10-9/h3-7H,1-2H3/b8-7-. The molecule has 2 heteroatoms. The van der Waals surface area contributed by atoms with Gasteiger partial charge in [-0.3, -0.25) is 4.98 Å². The van der Waals surface area contributed by atoms with Gasteiger partial charge in [-0.25, -0.2) is 0 Å². The Morgan fingerprint density at radius 3 is 2.91 bits per heavy atom. The Bertz CT molecular complexity index is 241. The van der Waals surface area contributed by atoms with E-state index in [1.165, 1.54) is 5.57 Å². The molecule has 1 rings (SSSR count). The summed E-state index contributed by atoms with van der Waals surface area (Å²) in [5, 5.41) is 2.10. The monoisotopic (exact) mass is 165 g/mol. The van der Waals surface area contributed by atoms with Crippen molar-refractivity contribution in [2.45, 2.75) is 6.92 Å². The molecule has 0 aliphatic rings. The maximum atomic E-state index is 4.22. The van der Waals surface area contributed by atoms with Crippen molar-refractivity contribution in [2.75, 3.05) is 6.26 Å². The van der Waals surface area contributed by atoms with Crippen LogP contribution in [0.15, 0.2) is 29.8 Å². The van der Waals surface area contributed by atoms with Crippen molar-refractivity contribution in [1.82, 2.24) is 4.98 Å². The minimum absolute atomic E-state index is 1.06. The summed E-state index contributed by atoms with van der Waals surface area (Å²) in [4.78, 5) is 4.22. The van der Waals surface area contributed by atoms with E-state index < -0.39 is 0 Å². The molecule has 0 atom stereocenters. The van der Waals surface area contributed by atoms with Gasteiger partial charge in [-0.15, -0.1) is 11.8 Å². The first-order chi connectivity index (χ1) is 5.34. The molecule has 0 saturated heterocycles. The minimum Gasteiger partial charge on any atom is -0.257 e. The number of pyridine rings is 1. The lowest BCUT2D eigenvalue weighted by Gasteiger charge is -1.97. The molecule has 0 amide bonds. The Hall–Kier alpha value is -0.760. The van der Waals surface area contributed by atoms with E-state index in [0.29, 0.717) is 0 Å². The van der Waals surface area contributed by atoms with Crippen LogP contribution in [0.5, 0.6) is 0 Å². The van der Waals surface area contributed by atoms with E-state index in [9.17, 15) is 0 Å². The number of rotatable bonds is 2. The summed E-state index contributed by atoms with van der Waals surface area (Å²) in [6.07, 6.45) is 3.86. The molecule has 0 aliphatic carbocycles. The molecule has 0 spiro atoms. The third-order valence-corrected chi connectivity index (χ3v) is 1.95. The molecule has 0 unspecified atom stereocenters. The number of hydrogen-bond donors (Lipinski definition) is 0. The van der Waals surface area contributed by atoms with Gasteiger partial charge in [0, 0.05) is 6.20 Å². The SMILES string of the molecule is CS/C=C(/C)c1ccccn1. The van der Waals surface area contributed by atoms with E-state index in [-0.39, 0.29) is 0 Å². The Balaban J connectivity index is 2.85. The Morgan fingerprint density at radius 1 is 1.55 bits per heavy atom. The average molecular weight is 165 g/mol. The molecule has 58 valence electrons. The van der Waals surface area contributed by atoms with E-state index in [2.05, 4.69) is 17.3 Å². The number of aromatic nitrogens is 1. The fraction of sp³-hybridized carbons (Fsp3) is 0.222. The van der Waals surface area contributed by atoms with Gasteiger partial charge in [0.2, 0.25) is 0 Å². The largest absolute Gasteiger partial charge is 0.257 e. The number of thioether (sulfide) groups is 1. The topological polar surface area (TPSA) is 12.9 Å². The van der Waals surface area contributed by atoms with Crippen molar-refractivity contribution in [3.8, 4) is 0 Å². The van der Waals surface area contributed by atoms with E-state index in [4.69, 9.17) is 0 Å². The van der Waals surface area contributed by atoms with Gasteiger partial charge in [0.25, 0.3) is 0 Å². The number of nitrogens with zero attached hydrogens (tertiary/aromatic N) is 1. The van der Waals surface area contributed by atoms with Gasteiger partial charge in [-0.1, -0.05) is 6.07 Å². The van der Waals surface area contributed by atoms with Gasteiger partial charge in [0.05, 0.1) is 5.69 Å². The maximum Gasteiger partial charge on any atom is 0.0663 e. The summed E-state index contributed by atoms with van der Waals surface area (Å²) >= 11 is 1.70. The second-order valence-electron chi connectivity index (χ2n) is 2.25. The highest BCUT2D eigenvalue weighted by Crippen LogP contribution is 2.13. The van der Waals surface area contributed by atoms with Gasteiger partial charge in [0.1, 0.15) is 0 Å². The third kappa shape index (κ3) is 2.39. The highest BCUT2D eigenvalue weighted by molar-refractivity contribution is 8.01. The lowest BCUT2D eigenvalue weighted by molar-refractivity contribution is 1.27. The molecule has 0 aromatic carbocycles. The molecule has 1 aromatic rings. The van der Waals surface area contributed by atoms with Crippen molar-refractivity contribution in [1.29, 1.82) is 0 Å². The zero-order valence-corrected chi connectivity index (χ0v) is 7.56. The van der Waals surface area contributed by atoms with E-state index >= 15 is 0 Å². The molecule has 1 aromatic heterocycles. The highest BCUT2D eigenvalue weighted by Gasteiger charge is 1.92. The summed E-state index contributed by atoms with van der Waals surface area (Å²) in [5.41, 5.74) is 2.28. The van der Waals surface area contributed by atoms with Crippen LogP contribution < -0.4 is 0 Å². The van der Waals surface area contributed by atoms with Gasteiger partial charge < -0.3 is 0 Å². The van der Waals surface area contributed by atoms with Crippen LogP contribution in [0, 0.1) is 0 Å². The fourth-order valence-electron chi connectivity index (χ4n) is 0.833. The van der Waals surface area contributed by atoms with Gasteiger partial charge >= 0.3 is 0 Å². The van der Waals surface area contributed by atoms with Crippen LogP contribution >= 0.6 is 11.8 Å². The lowest BCUT2D eigenvalue weighted by Crippen LogP contribution is -1.81. The summed E-state index contributed by atoms with van der Waals surface area (Å²) < 4.78 is 0. The number of hydrogen-bond acceptors (Lipinski definition) is 2. The molecule has 1 nitrogen and oxygen atoms in total. The van der Waals surface area contributed by atoms with Crippen LogP contribution in [0.2, 0.25) is 0 Å². The first kappa shape index (κ1) is 8.34. The number of allylic oxidation sites excluding steroid dienone is 1. The van der Waals surface area contributed by atoms with E-state index in [1.807, 2.05) is 30.7 Å². The summed E-state index contributed by atoms with van der Waals surface area (Å²) in [6, 6.07) is 5.94. The predicted molar refractivity (Wildman–Crippen MR) is 51.4 cm³/mol. The van der Waals surface area contributed by atoms with Gasteiger partial charge in [-0.2, -0.15) is 0 Å². The van der Waals surface area contributed by atoms with Crippen LogP contribution in [0.1, 0.15) is 12.6 Å². The smallest absolute Gasteiger partial charge is 0.0663 e. The van der Waals surface area contributed by atoms with Crippen molar-refractivity contribution < 1.29 is 0 Å². The Kier molecular flexibility index (Phi) is 3.17. The van der Waals surface area contributed by atoms with Crippen LogP contribution in [0.25, 0.3) is 5.57 Å². The zero-order chi connectivity index (χ0) is 8.10. The molecule has 0 aliphatic heterocycles. The van der Waals surface area contributed by atoms with E-state index in [1.54, 1.807) is 11.8 Å². The molecular formula is C9H11NS. The predicted octanol–water partition coefficient (Wildman–Crippen LogP) is 2.81. The van der Waals surface area contributed by atoms with Crippen molar-refractivity contribution in [3.63, 3.8) is 0 Å². The highest BCUT2D eigenvalue weighted by atomic mass is 32.2. The first-order valence-electron chi connectivity index (χ1n) is 3.45. The quantitative estimate of drug-likeness (QED) is 0.668. The fourth-order valence-corrected chi connectivity index (χ4v) is 1.31. The van der Waals surface area contributed by atoms with Crippen LogP contribution in [0.4, 0.5) is 0 Å². The summed E-state index contributed by atoms with van der Waals surface area (Å²) in [6.45, 7) is 2.07. The maximum absolute atomic E-state index is 4.22. The third-order valence-electron chi connectivity index (χ3n) is 1.36. The van der Waals surface area contributed by atoms with E-state index in [0.717, 1.165) is 5.69 Å². The molecule has 0 radical (unpaired) electrons. The zero-order valence-electron chi connectivity index (χ0n) is 6.74. The van der Waals surface area contributed by atoms with Crippen molar-refractivity contribution in [2.24, 2.45) is 0 Å². The summed E-state index contributed by atoms with van der Waals surface area (Å²) in [5.74, 6) is 0. The average Bonchev–Trinajstić information content (AvgIpc) is 2.07. The molecule has 0 bridgehead atoms. The van der Waals surface area contributed by atoms with Crippen molar-refractivity contribution >= 4 is 17.3 Å². The minimum atomic E-state index is 1.06. The van der Waals surface area contributed by atoms with Crippen LogP contribution in [0.3, 0.4) is 0 Å². The normalized spacial score (nSPS) is 11.6. The molecule has 0 fully saturated rings. The van der Waals surface area contributed by atoms with Crippen molar-refractivity contribution in [3.05, 3.63) is 35.5 Å². The Morgan fingerprint density at radius 2 is 2.36 bits per heavy atom. The first-order valence-corrected chi connectivity index (χ1v) is 4.74. The Labute approximate surface area is 71.5 Å². The molecular weight excluding hydrogens is 154 g/mol. The van der Waals surface area contributed by atoms with Crippen LogP contribution in [-0.4, -0.2) is 11.2 Å². The molecule has 1 heterocycles. The molecule has 0 saturated carbocycles. The second-order valence-corrected chi connectivity index (χ2v) is 2.96.